The number of nitrogens with one attached hydrogen (secondary N) is 1. The summed E-state index contributed by atoms with van der Waals surface area (Å²) in [5.74, 6) is 14.4. The summed E-state index contributed by atoms with van der Waals surface area (Å²) in [6, 6.07) is 9.61. The molecule has 4 N–H and O–H groups in total. The Hall–Kier alpha value is -7.64. The van der Waals surface area contributed by atoms with Crippen LogP contribution in [0.15, 0.2) is 52.6 Å². The van der Waals surface area contributed by atoms with Crippen molar-refractivity contribution in [3.8, 4) is 85.2 Å². The number of rotatable bonds is 14. The summed E-state index contributed by atoms with van der Waals surface area (Å²) in [7, 11) is -3.65. The second-order valence-corrected chi connectivity index (χ2v) is 15.5. The first-order chi connectivity index (χ1) is 33.5. The monoisotopic (exact) mass is 1050 g/mol. The smallest absolute Gasteiger partial charge is 0.416 e. The summed E-state index contributed by atoms with van der Waals surface area (Å²) in [5.41, 5.74) is 3.22. The first-order valence-electron chi connectivity index (χ1n) is 20.0. The lowest BCUT2D eigenvalue weighted by atomic mass is 10.0. The van der Waals surface area contributed by atoms with Gasteiger partial charge in [-0.3, -0.25) is 9.00 Å². The van der Waals surface area contributed by atoms with Gasteiger partial charge in [-0.1, -0.05) is 35.2 Å². The predicted octanol–water partition coefficient (Wildman–Crippen LogP) is 6.51. The maximum absolute atomic E-state index is 13.3. The van der Waals surface area contributed by atoms with Crippen molar-refractivity contribution in [1.29, 1.82) is 10.5 Å². The van der Waals surface area contributed by atoms with Gasteiger partial charge < -0.3 is 30.2 Å². The van der Waals surface area contributed by atoms with Crippen LogP contribution < -0.4 is 11.1 Å². The topological polar surface area (TPSA) is 250 Å². The molecule has 0 saturated carbocycles. The van der Waals surface area contributed by atoms with Gasteiger partial charge in [0.2, 0.25) is 0 Å². The summed E-state index contributed by atoms with van der Waals surface area (Å²) in [6.07, 6.45) is 9.86. The summed E-state index contributed by atoms with van der Waals surface area (Å²) in [4.78, 5) is 33.1. The standard InChI is InChI=1S/C17H19F3N2O4S.C9H10F3NO2S.C8H10NO3.C6H2.C5H4.C3H4.C2H6O/c1-3-26-16(23)14(6-7-21)11(2)22-9-13-5-4-12(10-27(24)25)8-15(13)17(18,19)20;1-16(14,15)7-3-2-6(5-13)8(4-7)9(10,11)12;1-3-12-8(11)7(4-5-9)6(2)10;1-3-5-6-4-2;1-3-5-4-2;1-3-2;1-2-3/h4-5,8,22H,3,6,9-10H2,1-2H3,(H,24,25);2-4H,5,13H2,1H3;7H,2-4H2,1H3;1-2H;1H,2H3;1H,2H3;3H,2H2,1H3/q;;+1;;;;/p-1/b14-11-;;;;;;. The van der Waals surface area contributed by atoms with Crippen molar-refractivity contribution in [2.24, 2.45) is 11.7 Å². The average molecular weight is 1050 g/mol. The maximum Gasteiger partial charge on any atom is 0.416 e. The van der Waals surface area contributed by atoms with E-state index in [1.54, 1.807) is 40.7 Å². The molecule has 2 unspecified atom stereocenters. The molecule has 0 fully saturated rings. The van der Waals surface area contributed by atoms with E-state index < -0.39 is 73.8 Å². The minimum Gasteiger partial charge on any atom is -0.772 e. The molecule has 2 aromatic rings. The molecule has 2 rings (SSSR count). The number of hydrogen-bond donors (Lipinski definition) is 3. The van der Waals surface area contributed by atoms with E-state index in [9.17, 15) is 57.9 Å². The van der Waals surface area contributed by atoms with Crippen LogP contribution in [0.4, 0.5) is 26.3 Å². The Morgan fingerprint density at radius 2 is 1.35 bits per heavy atom. The molecular formula is C50H54F6N4O10S2. The third kappa shape index (κ3) is 36.4. The molecule has 14 nitrogen and oxygen atoms in total. The zero-order valence-electron chi connectivity index (χ0n) is 40.4. The van der Waals surface area contributed by atoms with Gasteiger partial charge in [-0.25, -0.2) is 18.0 Å². The molecule has 0 aliphatic rings. The van der Waals surface area contributed by atoms with Crippen LogP contribution in [0.2, 0.25) is 0 Å². The first kappa shape index (κ1) is 73.3. The number of ether oxygens (including phenoxy) is 2. The molecular weight excluding hydrogens is 995 g/mol. The number of terminal acetylenes is 4. The number of nitriles is 2. The minimum atomic E-state index is -4.67. The summed E-state index contributed by atoms with van der Waals surface area (Å²) >= 11 is -2.51. The van der Waals surface area contributed by atoms with Gasteiger partial charge >= 0.3 is 30.1 Å². The van der Waals surface area contributed by atoms with Crippen LogP contribution in [0.25, 0.3) is 0 Å². The summed E-state index contributed by atoms with van der Waals surface area (Å²) < 4.78 is 131. The Kier molecular flexibility index (Phi) is 43.0. The number of esters is 2. The van der Waals surface area contributed by atoms with Crippen molar-refractivity contribution < 1.29 is 72.5 Å². The molecule has 0 heterocycles. The Morgan fingerprint density at radius 3 is 1.69 bits per heavy atom. The number of carbonyl (C=O) groups is 3. The lowest BCUT2D eigenvalue weighted by Crippen LogP contribution is -2.23. The van der Waals surface area contributed by atoms with Crippen molar-refractivity contribution in [2.75, 3.05) is 26.1 Å². The number of halogens is 6. The fourth-order valence-corrected chi connectivity index (χ4v) is 5.39. The number of hydrogen-bond acceptors (Lipinski definition) is 14. The molecule has 0 saturated heterocycles. The van der Waals surface area contributed by atoms with Gasteiger partial charge in [0.1, 0.15) is 6.92 Å². The zero-order valence-corrected chi connectivity index (χ0v) is 42.0. The SMILES string of the molecule is C#CC.C#CC#CC.C#CC#CC#C.CCO.CCOC(=O)/C(CC#N)=C(/C)NCc1ccc(CS(=O)[O-])cc1C(F)(F)F.CS(=O)(=O)c1ccc(CN)c(C(F)(F)F)c1.[CH2+]C(=O)C(CC#N)C(=O)OCC. The molecule has 22 heteroatoms. The molecule has 0 aromatic heterocycles. The van der Waals surface area contributed by atoms with Gasteiger partial charge in [0.25, 0.3) is 0 Å². The van der Waals surface area contributed by atoms with Crippen molar-refractivity contribution in [2.45, 2.75) is 90.5 Å². The minimum absolute atomic E-state index is 0.0170. The number of aliphatic hydroxyl groups is 1. The van der Waals surface area contributed by atoms with Crippen LogP contribution in [0.5, 0.6) is 0 Å². The lowest BCUT2D eigenvalue weighted by molar-refractivity contribution is -0.150. The molecule has 0 amide bonds. The van der Waals surface area contributed by atoms with Crippen LogP contribution in [0, 0.1) is 109 Å². The lowest BCUT2D eigenvalue weighted by Gasteiger charge is -2.17. The first-order valence-corrected chi connectivity index (χ1v) is 23.2. The molecule has 0 spiro atoms. The molecule has 0 radical (unpaired) electrons. The Bertz CT molecular complexity index is 2580. The number of aliphatic hydroxyl groups excluding tert-OH is 1. The maximum atomic E-state index is 13.3. The Morgan fingerprint density at radius 1 is 0.875 bits per heavy atom. The van der Waals surface area contributed by atoms with Crippen molar-refractivity contribution in [1.82, 2.24) is 5.32 Å². The highest BCUT2D eigenvalue weighted by Crippen LogP contribution is 2.34. The van der Waals surface area contributed by atoms with Crippen molar-refractivity contribution in [3.63, 3.8) is 0 Å². The van der Waals surface area contributed by atoms with Gasteiger partial charge in [-0.05, 0) is 112 Å². The van der Waals surface area contributed by atoms with E-state index in [-0.39, 0.29) is 78.6 Å². The van der Waals surface area contributed by atoms with Crippen LogP contribution in [-0.4, -0.2) is 66.1 Å². The van der Waals surface area contributed by atoms with E-state index in [1.165, 1.54) is 19.1 Å². The third-order valence-electron chi connectivity index (χ3n) is 7.23. The number of nitrogens with zero attached hydrogens (tertiary/aromatic N) is 2. The molecule has 0 aliphatic carbocycles. The van der Waals surface area contributed by atoms with E-state index >= 15 is 0 Å². The van der Waals surface area contributed by atoms with E-state index in [2.05, 4.69) is 70.8 Å². The highest BCUT2D eigenvalue weighted by molar-refractivity contribution is 7.90. The second-order valence-electron chi connectivity index (χ2n) is 12.5. The average Bonchev–Trinajstić information content (AvgIpc) is 3.29. The number of alkyl halides is 6. The molecule has 2 atom stereocenters. The zero-order chi connectivity index (χ0) is 57.1. The summed E-state index contributed by atoms with van der Waals surface area (Å²) in [5, 5.41) is 27.4. The van der Waals surface area contributed by atoms with Crippen LogP contribution in [-0.2, 0) is 76.0 Å². The molecule has 388 valence electrons. The van der Waals surface area contributed by atoms with Gasteiger partial charge in [0, 0.05) is 37.4 Å². The largest absolute Gasteiger partial charge is 0.772 e. The molecule has 0 bridgehead atoms. The number of Topliss-reactive ketones (excluding diaryl/α,β-unsaturated/α-hetero) is 1. The quantitative estimate of drug-likeness (QED) is 0.0347. The molecule has 0 aliphatic heterocycles. The van der Waals surface area contributed by atoms with E-state index in [0.717, 1.165) is 24.5 Å². The second kappa shape index (κ2) is 42.3. The fraction of sp³-hybridized carbons (Fsp3) is 0.360. The number of allylic oxidation sites excluding steroid dienone is 1. The predicted molar refractivity (Wildman–Crippen MR) is 259 cm³/mol. The van der Waals surface area contributed by atoms with E-state index in [0.29, 0.717) is 6.07 Å². The van der Waals surface area contributed by atoms with E-state index in [4.69, 9.17) is 45.4 Å². The Balaban J connectivity index is -0.000000282. The number of carbonyl (C=O) groups excluding carboxylic acids is 3. The number of ketones is 1. The number of sulfone groups is 1. The molecule has 72 heavy (non-hydrogen) atoms. The summed E-state index contributed by atoms with van der Waals surface area (Å²) in [6.45, 7) is 12.8. The Labute approximate surface area is 421 Å². The third-order valence-corrected chi connectivity index (χ3v) is 8.91. The highest BCUT2D eigenvalue weighted by Gasteiger charge is 2.35. The van der Waals surface area contributed by atoms with Gasteiger partial charge in [-0.2, -0.15) is 36.9 Å². The van der Waals surface area contributed by atoms with Gasteiger partial charge in [0.05, 0.1) is 59.8 Å². The van der Waals surface area contributed by atoms with Crippen LogP contribution >= 0.6 is 0 Å². The van der Waals surface area contributed by atoms with E-state index in [1.807, 2.05) is 6.07 Å². The van der Waals surface area contributed by atoms with Crippen LogP contribution in [0.1, 0.15) is 82.2 Å². The normalized spacial score (nSPS) is 10.6. The van der Waals surface area contributed by atoms with Crippen molar-refractivity contribution in [3.05, 3.63) is 82.4 Å². The van der Waals surface area contributed by atoms with Gasteiger partial charge in [-0.15, -0.1) is 31.6 Å². The van der Waals surface area contributed by atoms with Gasteiger partial charge in [0.15, 0.2) is 15.8 Å². The highest BCUT2D eigenvalue weighted by atomic mass is 32.2. The van der Waals surface area contributed by atoms with Crippen molar-refractivity contribution >= 4 is 38.6 Å². The molecule has 2 aromatic carbocycles. The number of benzene rings is 2. The number of nitrogens with two attached hydrogens (primary N) is 1. The fourth-order valence-electron chi connectivity index (χ4n) is 4.29. The van der Waals surface area contributed by atoms with Crippen LogP contribution in [0.3, 0.4) is 0 Å².